The molecule has 6 aromatic rings. The Balaban J connectivity index is 1.52. The lowest BCUT2D eigenvalue weighted by Crippen LogP contribution is -2.31. The van der Waals surface area contributed by atoms with Gasteiger partial charge in [0.05, 0.1) is 0 Å². The van der Waals surface area contributed by atoms with E-state index in [1.165, 1.54) is 54.9 Å². The van der Waals surface area contributed by atoms with Crippen molar-refractivity contribution in [1.82, 2.24) is 0 Å². The summed E-state index contributed by atoms with van der Waals surface area (Å²) < 4.78 is 0. The molecule has 0 saturated carbocycles. The summed E-state index contributed by atoms with van der Waals surface area (Å²) in [5, 5.41) is 24.6. The van der Waals surface area contributed by atoms with E-state index in [1.54, 1.807) is 0 Å². The fourth-order valence-electron chi connectivity index (χ4n) is 6.43. The van der Waals surface area contributed by atoms with E-state index in [0.29, 0.717) is 5.46 Å². The summed E-state index contributed by atoms with van der Waals surface area (Å²) in [6.45, 7) is 4.45. The van der Waals surface area contributed by atoms with Crippen LogP contribution >= 0.6 is 0 Å². The molecule has 0 radical (unpaired) electrons. The summed E-state index contributed by atoms with van der Waals surface area (Å²) >= 11 is 0. The first-order valence-electron chi connectivity index (χ1n) is 13.1. The Kier molecular flexibility index (Phi) is 5.09. The molecule has 6 aromatic carbocycles. The minimum absolute atomic E-state index is 0.263. The molecule has 0 aliphatic heterocycles. The molecule has 0 bridgehead atoms. The van der Waals surface area contributed by atoms with Gasteiger partial charge in [0.2, 0.25) is 0 Å². The predicted molar refractivity (Wildman–Crippen MR) is 160 cm³/mol. The van der Waals surface area contributed by atoms with Crippen LogP contribution in [0, 0.1) is 0 Å². The van der Waals surface area contributed by atoms with Crippen molar-refractivity contribution in [2.24, 2.45) is 0 Å². The average molecular weight is 490 g/mol. The van der Waals surface area contributed by atoms with Gasteiger partial charge in [-0.05, 0) is 77.6 Å². The molecule has 0 heterocycles. The lowest BCUT2D eigenvalue weighted by Gasteiger charge is -2.23. The van der Waals surface area contributed by atoms with Gasteiger partial charge in [0.25, 0.3) is 0 Å². The minimum atomic E-state index is -1.48. The molecule has 0 unspecified atom stereocenters. The first-order valence-corrected chi connectivity index (χ1v) is 13.1. The molecule has 0 amide bonds. The fraction of sp³-hybridized carbons (Fsp3) is 0.0857. The summed E-state index contributed by atoms with van der Waals surface area (Å²) in [4.78, 5) is 0. The van der Waals surface area contributed by atoms with Crippen LogP contribution in [0.3, 0.4) is 0 Å². The Morgan fingerprint density at radius 1 is 0.500 bits per heavy atom. The predicted octanol–water partition coefficient (Wildman–Crippen LogP) is 7.31. The van der Waals surface area contributed by atoms with E-state index in [4.69, 9.17) is 0 Å². The Morgan fingerprint density at radius 3 is 1.53 bits per heavy atom. The molecule has 3 heteroatoms. The number of fused-ring (bicyclic) bond motifs is 5. The maximum Gasteiger partial charge on any atom is 0.488 e. The highest BCUT2D eigenvalue weighted by Crippen LogP contribution is 2.51. The second kappa shape index (κ2) is 8.42. The van der Waals surface area contributed by atoms with Crippen molar-refractivity contribution in [3.05, 3.63) is 126 Å². The second-order valence-corrected chi connectivity index (χ2v) is 10.8. The molecule has 0 saturated heterocycles. The van der Waals surface area contributed by atoms with Gasteiger partial charge in [-0.1, -0.05) is 123 Å². The van der Waals surface area contributed by atoms with Crippen LogP contribution in [0.4, 0.5) is 0 Å². The van der Waals surface area contributed by atoms with E-state index in [-0.39, 0.29) is 5.41 Å². The van der Waals surface area contributed by atoms with Gasteiger partial charge in [0, 0.05) is 5.41 Å². The van der Waals surface area contributed by atoms with Crippen LogP contribution in [0.1, 0.15) is 25.0 Å². The summed E-state index contributed by atoms with van der Waals surface area (Å²) in [6, 6.07) is 40.8. The normalized spacial score (nSPS) is 13.5. The van der Waals surface area contributed by atoms with Crippen molar-refractivity contribution in [2.45, 2.75) is 19.3 Å². The topological polar surface area (TPSA) is 40.5 Å². The number of hydrogen-bond acceptors (Lipinski definition) is 2. The second-order valence-electron chi connectivity index (χ2n) is 10.8. The van der Waals surface area contributed by atoms with Crippen LogP contribution in [-0.2, 0) is 5.41 Å². The lowest BCUT2D eigenvalue weighted by atomic mass is 9.75. The van der Waals surface area contributed by atoms with Crippen LogP contribution in [0.5, 0.6) is 0 Å². The van der Waals surface area contributed by atoms with Crippen LogP contribution in [0.2, 0.25) is 0 Å². The molecular weight excluding hydrogens is 463 g/mol. The molecule has 0 atom stereocenters. The third-order valence-corrected chi connectivity index (χ3v) is 8.28. The first kappa shape index (κ1) is 23.0. The fourth-order valence-corrected chi connectivity index (χ4v) is 6.43. The smallest absolute Gasteiger partial charge is 0.423 e. The van der Waals surface area contributed by atoms with Crippen molar-refractivity contribution in [1.29, 1.82) is 0 Å². The van der Waals surface area contributed by atoms with Crippen molar-refractivity contribution in [3.63, 3.8) is 0 Å². The summed E-state index contributed by atoms with van der Waals surface area (Å²) in [6.07, 6.45) is 0. The zero-order valence-corrected chi connectivity index (χ0v) is 21.4. The van der Waals surface area contributed by atoms with Gasteiger partial charge in [0.15, 0.2) is 0 Å². The molecule has 182 valence electrons. The Bertz CT molecular complexity index is 1810. The van der Waals surface area contributed by atoms with Crippen molar-refractivity contribution >= 4 is 34.1 Å². The van der Waals surface area contributed by atoms with E-state index in [1.807, 2.05) is 18.2 Å². The van der Waals surface area contributed by atoms with E-state index in [0.717, 1.165) is 11.1 Å². The highest BCUT2D eigenvalue weighted by molar-refractivity contribution is 6.58. The molecule has 1 aliphatic carbocycles. The molecule has 1 aliphatic rings. The number of hydrogen-bond donors (Lipinski definition) is 2. The maximum atomic E-state index is 9.80. The van der Waals surface area contributed by atoms with E-state index >= 15 is 0 Å². The largest absolute Gasteiger partial charge is 0.488 e. The van der Waals surface area contributed by atoms with Crippen LogP contribution in [-0.4, -0.2) is 17.2 Å². The minimum Gasteiger partial charge on any atom is -0.423 e. The van der Waals surface area contributed by atoms with E-state index in [9.17, 15) is 10.0 Å². The van der Waals surface area contributed by atoms with E-state index < -0.39 is 7.12 Å². The Hall–Kier alpha value is -4.18. The Labute approximate surface area is 223 Å². The molecule has 0 aromatic heterocycles. The molecular formula is C35H27BO2. The van der Waals surface area contributed by atoms with Crippen molar-refractivity contribution < 1.29 is 10.0 Å². The van der Waals surface area contributed by atoms with Gasteiger partial charge in [0.1, 0.15) is 0 Å². The summed E-state index contributed by atoms with van der Waals surface area (Å²) in [5.74, 6) is 0. The number of rotatable bonds is 3. The average Bonchev–Trinajstić information content (AvgIpc) is 3.17. The van der Waals surface area contributed by atoms with Gasteiger partial charge in [-0.15, -0.1) is 0 Å². The van der Waals surface area contributed by atoms with Gasteiger partial charge >= 0.3 is 7.12 Å². The highest BCUT2D eigenvalue weighted by Gasteiger charge is 2.36. The third-order valence-electron chi connectivity index (χ3n) is 8.28. The monoisotopic (exact) mass is 490 g/mol. The molecule has 38 heavy (non-hydrogen) atoms. The van der Waals surface area contributed by atoms with Crippen molar-refractivity contribution in [3.8, 4) is 33.4 Å². The molecule has 2 N–H and O–H groups in total. The highest BCUT2D eigenvalue weighted by atomic mass is 16.4. The van der Waals surface area contributed by atoms with Crippen LogP contribution in [0.25, 0.3) is 54.9 Å². The van der Waals surface area contributed by atoms with Crippen LogP contribution < -0.4 is 5.46 Å². The van der Waals surface area contributed by atoms with Gasteiger partial charge in [-0.25, -0.2) is 0 Å². The van der Waals surface area contributed by atoms with Crippen molar-refractivity contribution in [2.75, 3.05) is 0 Å². The summed E-state index contributed by atoms with van der Waals surface area (Å²) in [5.41, 5.74) is 9.95. The molecule has 0 spiro atoms. The van der Waals surface area contributed by atoms with Gasteiger partial charge < -0.3 is 10.0 Å². The summed E-state index contributed by atoms with van der Waals surface area (Å²) in [7, 11) is -1.48. The standard InChI is InChI=1S/C35H27BO2/c1-35(2)31-20-23(16-18-25(31)26-19-17-24(36(37)38)21-32(26)35)34-29-14-8-6-12-27(29)33(22-10-4-3-5-11-22)28-13-7-9-15-30(28)34/h3-21,37-38H,1-2H3. The molecule has 0 fully saturated rings. The third kappa shape index (κ3) is 3.29. The molecule has 2 nitrogen and oxygen atoms in total. The zero-order valence-electron chi connectivity index (χ0n) is 21.4. The quantitative estimate of drug-likeness (QED) is 0.202. The van der Waals surface area contributed by atoms with Gasteiger partial charge in [-0.2, -0.15) is 0 Å². The lowest BCUT2D eigenvalue weighted by molar-refractivity contribution is 0.425. The van der Waals surface area contributed by atoms with Crippen LogP contribution in [0.15, 0.2) is 115 Å². The van der Waals surface area contributed by atoms with E-state index in [2.05, 4.69) is 111 Å². The van der Waals surface area contributed by atoms with Gasteiger partial charge in [-0.3, -0.25) is 0 Å². The Morgan fingerprint density at radius 2 is 0.974 bits per heavy atom. The first-order chi connectivity index (χ1) is 18.4. The maximum absolute atomic E-state index is 9.80. The zero-order chi connectivity index (χ0) is 26.0. The SMILES string of the molecule is CC1(C)c2cc(B(O)O)ccc2-c2ccc(-c3c4ccccc4c(-c4ccccc4)c4ccccc34)cc21. The number of benzene rings is 6. The molecule has 7 rings (SSSR count).